The van der Waals surface area contributed by atoms with E-state index in [1.807, 2.05) is 29.6 Å². The average molecular weight is 535 g/mol. The summed E-state index contributed by atoms with van der Waals surface area (Å²) in [5.41, 5.74) is 0.735. The number of hydrogen-bond acceptors (Lipinski definition) is 6. The van der Waals surface area contributed by atoms with E-state index in [9.17, 15) is 9.59 Å². The van der Waals surface area contributed by atoms with Crippen LogP contribution >= 0.6 is 22.9 Å². The fraction of sp³-hybridized carbons (Fsp3) is 0.0714. The van der Waals surface area contributed by atoms with Gasteiger partial charge in [-0.25, -0.2) is 0 Å². The first-order chi connectivity index (χ1) is 18.0. The number of anilines is 1. The summed E-state index contributed by atoms with van der Waals surface area (Å²) in [4.78, 5) is 27.1. The summed E-state index contributed by atoms with van der Waals surface area (Å²) >= 11 is 7.65. The monoisotopic (exact) mass is 534 g/mol. The Kier molecular flexibility index (Phi) is 8.45. The zero-order chi connectivity index (χ0) is 26.2. The number of para-hydroxylation sites is 2. The summed E-state index contributed by atoms with van der Waals surface area (Å²) in [6, 6.07) is 22.3. The normalized spacial score (nSPS) is 10.9. The Morgan fingerprint density at radius 1 is 0.865 bits per heavy atom. The Morgan fingerprint density at radius 2 is 1.62 bits per heavy atom. The van der Waals surface area contributed by atoms with Crippen LogP contribution in [0.1, 0.15) is 15.2 Å². The molecule has 0 spiro atoms. The fourth-order valence-electron chi connectivity index (χ4n) is 3.31. The van der Waals surface area contributed by atoms with Crippen LogP contribution < -0.4 is 24.8 Å². The molecule has 1 aromatic heterocycles. The minimum absolute atomic E-state index is 0.0477. The van der Waals surface area contributed by atoms with Gasteiger partial charge in [-0.1, -0.05) is 29.8 Å². The molecular weight excluding hydrogens is 512 g/mol. The lowest BCUT2D eigenvalue weighted by Gasteiger charge is -2.16. The van der Waals surface area contributed by atoms with Crippen molar-refractivity contribution in [2.24, 2.45) is 0 Å². The first-order valence-corrected chi connectivity index (χ1v) is 12.3. The minimum atomic E-state index is -0.553. The minimum Gasteiger partial charge on any atom is -0.497 e. The van der Waals surface area contributed by atoms with Gasteiger partial charge < -0.3 is 24.8 Å². The van der Waals surface area contributed by atoms with Crippen molar-refractivity contribution in [2.45, 2.75) is 0 Å². The van der Waals surface area contributed by atoms with Crippen molar-refractivity contribution >= 4 is 46.5 Å². The van der Waals surface area contributed by atoms with E-state index in [1.165, 1.54) is 11.3 Å². The maximum atomic E-state index is 13.4. The van der Waals surface area contributed by atoms with Crippen LogP contribution in [-0.2, 0) is 4.79 Å². The highest BCUT2D eigenvalue weighted by Gasteiger charge is 2.18. The van der Waals surface area contributed by atoms with E-state index in [0.717, 1.165) is 4.88 Å². The number of amides is 2. The fourth-order valence-corrected chi connectivity index (χ4v) is 4.14. The van der Waals surface area contributed by atoms with Crippen LogP contribution in [0.25, 0.3) is 6.08 Å². The van der Waals surface area contributed by atoms with Crippen molar-refractivity contribution in [3.63, 3.8) is 0 Å². The topological polar surface area (TPSA) is 85.9 Å². The third-order valence-electron chi connectivity index (χ3n) is 5.15. The van der Waals surface area contributed by atoms with Gasteiger partial charge in [-0.15, -0.1) is 11.3 Å². The van der Waals surface area contributed by atoms with Gasteiger partial charge in [0.25, 0.3) is 11.8 Å². The number of halogens is 1. The van der Waals surface area contributed by atoms with Gasteiger partial charge in [-0.2, -0.15) is 0 Å². The second-order valence-electron chi connectivity index (χ2n) is 7.60. The molecule has 4 aromatic rings. The van der Waals surface area contributed by atoms with Crippen LogP contribution in [-0.4, -0.2) is 26.0 Å². The third-order valence-corrected chi connectivity index (χ3v) is 6.21. The average Bonchev–Trinajstić information content (AvgIpc) is 3.43. The second-order valence-corrected chi connectivity index (χ2v) is 9.02. The Labute approximate surface area is 223 Å². The van der Waals surface area contributed by atoms with E-state index < -0.39 is 11.8 Å². The maximum Gasteiger partial charge on any atom is 0.272 e. The number of benzene rings is 3. The first kappa shape index (κ1) is 25.8. The van der Waals surface area contributed by atoms with Gasteiger partial charge in [0.2, 0.25) is 0 Å². The van der Waals surface area contributed by atoms with E-state index >= 15 is 0 Å². The van der Waals surface area contributed by atoms with Crippen LogP contribution in [0.2, 0.25) is 5.02 Å². The lowest BCUT2D eigenvalue weighted by atomic mass is 10.2. The molecule has 9 heteroatoms. The molecule has 3 aromatic carbocycles. The van der Waals surface area contributed by atoms with Crippen molar-refractivity contribution in [1.29, 1.82) is 0 Å². The lowest BCUT2D eigenvalue weighted by Crippen LogP contribution is -2.30. The SMILES string of the molecule is COc1ccc(C(=O)N/C(=C\c2cccs2)C(=O)Nc2cc(Cl)ccc2Oc2ccccc2OC)cc1. The maximum absolute atomic E-state index is 13.4. The zero-order valence-electron chi connectivity index (χ0n) is 20.0. The number of thiophene rings is 1. The van der Waals surface area contributed by atoms with Crippen molar-refractivity contribution in [2.75, 3.05) is 19.5 Å². The van der Waals surface area contributed by atoms with Gasteiger partial charge >= 0.3 is 0 Å². The molecule has 0 unspecified atom stereocenters. The largest absolute Gasteiger partial charge is 0.497 e. The molecule has 188 valence electrons. The van der Waals surface area contributed by atoms with Crippen molar-refractivity contribution in [3.8, 4) is 23.0 Å². The third kappa shape index (κ3) is 6.69. The van der Waals surface area contributed by atoms with Crippen molar-refractivity contribution in [1.82, 2.24) is 5.32 Å². The predicted octanol–water partition coefficient (Wildman–Crippen LogP) is 6.62. The Bertz CT molecular complexity index is 1420. The van der Waals surface area contributed by atoms with Crippen LogP contribution in [0.3, 0.4) is 0 Å². The molecule has 0 bridgehead atoms. The molecule has 0 aliphatic heterocycles. The molecule has 2 N–H and O–H groups in total. The van der Waals surface area contributed by atoms with Gasteiger partial charge in [-0.3, -0.25) is 9.59 Å². The smallest absolute Gasteiger partial charge is 0.272 e. The van der Waals surface area contributed by atoms with Gasteiger partial charge in [0.15, 0.2) is 17.2 Å². The molecule has 37 heavy (non-hydrogen) atoms. The Balaban J connectivity index is 1.61. The van der Waals surface area contributed by atoms with Gasteiger partial charge in [0.05, 0.1) is 19.9 Å². The molecule has 0 saturated carbocycles. The van der Waals surface area contributed by atoms with E-state index in [1.54, 1.807) is 74.9 Å². The van der Waals surface area contributed by atoms with E-state index in [0.29, 0.717) is 39.3 Å². The molecule has 1 heterocycles. The number of carbonyl (C=O) groups is 2. The van der Waals surface area contributed by atoms with Gasteiger partial charge in [0, 0.05) is 15.5 Å². The van der Waals surface area contributed by atoms with Gasteiger partial charge in [-0.05, 0) is 72.1 Å². The summed E-state index contributed by atoms with van der Waals surface area (Å²) in [6.45, 7) is 0. The summed E-state index contributed by atoms with van der Waals surface area (Å²) in [6.07, 6.45) is 1.60. The lowest BCUT2D eigenvalue weighted by molar-refractivity contribution is -0.113. The highest BCUT2D eigenvalue weighted by Crippen LogP contribution is 2.36. The molecule has 2 amide bonds. The summed E-state index contributed by atoms with van der Waals surface area (Å²) < 4.78 is 16.5. The molecule has 0 aliphatic carbocycles. The van der Waals surface area contributed by atoms with E-state index in [-0.39, 0.29) is 5.70 Å². The van der Waals surface area contributed by atoms with Crippen LogP contribution in [0.5, 0.6) is 23.0 Å². The van der Waals surface area contributed by atoms with Crippen LogP contribution in [0.4, 0.5) is 5.69 Å². The van der Waals surface area contributed by atoms with Gasteiger partial charge in [0.1, 0.15) is 11.4 Å². The van der Waals surface area contributed by atoms with Crippen LogP contribution in [0.15, 0.2) is 89.9 Å². The van der Waals surface area contributed by atoms with E-state index in [4.69, 9.17) is 25.8 Å². The first-order valence-electron chi connectivity index (χ1n) is 11.1. The quantitative estimate of drug-likeness (QED) is 0.236. The Hall–Kier alpha value is -4.27. The highest BCUT2D eigenvalue weighted by atomic mass is 35.5. The number of methoxy groups -OCH3 is 2. The molecule has 7 nitrogen and oxygen atoms in total. The number of ether oxygens (including phenoxy) is 3. The number of carbonyl (C=O) groups excluding carboxylic acids is 2. The molecule has 0 fully saturated rings. The second kappa shape index (κ2) is 12.1. The molecule has 4 rings (SSSR count). The van der Waals surface area contributed by atoms with Crippen LogP contribution in [0, 0.1) is 0 Å². The molecular formula is C28H23ClN2O5S. The number of hydrogen-bond donors (Lipinski definition) is 2. The number of rotatable bonds is 9. The molecule has 0 radical (unpaired) electrons. The summed E-state index contributed by atoms with van der Waals surface area (Å²) in [5, 5.41) is 7.80. The molecule has 0 saturated heterocycles. The van der Waals surface area contributed by atoms with Crippen molar-refractivity contribution in [3.05, 3.63) is 105 Å². The summed E-state index contributed by atoms with van der Waals surface area (Å²) in [7, 11) is 3.09. The Morgan fingerprint density at radius 3 is 2.30 bits per heavy atom. The van der Waals surface area contributed by atoms with E-state index in [2.05, 4.69) is 10.6 Å². The highest BCUT2D eigenvalue weighted by molar-refractivity contribution is 7.10. The number of nitrogens with one attached hydrogen (secondary N) is 2. The zero-order valence-corrected chi connectivity index (χ0v) is 21.6. The standard InChI is InChI=1S/C28H23ClN2O5S/c1-34-20-12-9-18(10-13-20)27(32)31-23(17-21-6-5-15-37-21)28(33)30-22-16-19(29)11-14-24(22)36-26-8-4-3-7-25(26)35-2/h3-17H,1-2H3,(H,30,33)(H,31,32)/b23-17-. The predicted molar refractivity (Wildman–Crippen MR) is 146 cm³/mol. The van der Waals surface area contributed by atoms with Crippen molar-refractivity contribution < 1.29 is 23.8 Å². The molecule has 0 atom stereocenters. The molecule has 0 aliphatic rings. The summed E-state index contributed by atoms with van der Waals surface area (Å²) in [5.74, 6) is 0.954.